The van der Waals surface area contributed by atoms with Crippen molar-refractivity contribution in [1.29, 1.82) is 5.26 Å². The zero-order chi connectivity index (χ0) is 7.56. The van der Waals surface area contributed by atoms with Crippen LogP contribution in [0.25, 0.3) is 0 Å². The van der Waals surface area contributed by atoms with Gasteiger partial charge >= 0.3 is 0 Å². The van der Waals surface area contributed by atoms with E-state index in [-0.39, 0.29) is 6.42 Å². The maximum atomic E-state index is 12.3. The second kappa shape index (κ2) is 2.61. The summed E-state index contributed by atoms with van der Waals surface area (Å²) in [7, 11) is 0. The van der Waals surface area contributed by atoms with E-state index in [1.165, 1.54) is 0 Å². The normalized spacial score (nSPS) is 18.3. The molecule has 0 unspecified atom stereocenters. The maximum absolute atomic E-state index is 12.3. The molecule has 0 saturated heterocycles. The van der Waals surface area contributed by atoms with Crippen LogP contribution < -0.4 is 0 Å². The van der Waals surface area contributed by atoms with E-state index in [0.717, 1.165) is 6.08 Å². The molecule has 0 atom stereocenters. The van der Waals surface area contributed by atoms with E-state index < -0.39 is 11.7 Å². The number of halogens is 2. The Morgan fingerprint density at radius 2 is 2.10 bits per heavy atom. The minimum absolute atomic E-state index is 0.0191. The fourth-order valence-electron chi connectivity index (χ4n) is 0.755. The summed E-state index contributed by atoms with van der Waals surface area (Å²) < 4.78 is 24.5. The summed E-state index contributed by atoms with van der Waals surface area (Å²) in [4.78, 5) is 0. The minimum atomic E-state index is -0.900. The number of rotatable bonds is 0. The van der Waals surface area contributed by atoms with Crippen molar-refractivity contribution >= 4 is 0 Å². The van der Waals surface area contributed by atoms with E-state index >= 15 is 0 Å². The summed E-state index contributed by atoms with van der Waals surface area (Å²) in [6.45, 7) is 0. The van der Waals surface area contributed by atoms with Crippen molar-refractivity contribution in [2.75, 3.05) is 0 Å². The topological polar surface area (TPSA) is 23.8 Å². The van der Waals surface area contributed by atoms with Crippen molar-refractivity contribution in [2.24, 2.45) is 0 Å². The highest BCUT2D eigenvalue weighted by molar-refractivity contribution is 5.33. The van der Waals surface area contributed by atoms with Crippen LogP contribution in [0.2, 0.25) is 0 Å². The average molecular weight is 141 g/mol. The molecule has 0 radical (unpaired) electrons. The largest absolute Gasteiger partial charge is 0.209 e. The molecule has 3 heteroatoms. The number of nitriles is 1. The Morgan fingerprint density at radius 1 is 1.40 bits per heavy atom. The van der Waals surface area contributed by atoms with Gasteiger partial charge in [0.1, 0.15) is 5.83 Å². The Labute approximate surface area is 57.3 Å². The van der Waals surface area contributed by atoms with E-state index in [0.29, 0.717) is 12.0 Å². The molecule has 0 fully saturated rings. The van der Waals surface area contributed by atoms with Gasteiger partial charge in [-0.25, -0.2) is 8.78 Å². The number of nitrogens with zero attached hydrogens (tertiary/aromatic N) is 1. The summed E-state index contributed by atoms with van der Waals surface area (Å²) in [5.74, 6) is -1.65. The van der Waals surface area contributed by atoms with Gasteiger partial charge in [0.15, 0.2) is 5.83 Å². The third-order valence-electron chi connectivity index (χ3n) is 1.32. The lowest BCUT2D eigenvalue weighted by atomic mass is 10.1. The van der Waals surface area contributed by atoms with Crippen LogP contribution >= 0.6 is 0 Å². The van der Waals surface area contributed by atoms with Gasteiger partial charge < -0.3 is 0 Å². The Hall–Kier alpha value is -1.17. The first-order valence-electron chi connectivity index (χ1n) is 2.89. The molecule has 0 bridgehead atoms. The molecule has 52 valence electrons. The Morgan fingerprint density at radius 3 is 2.60 bits per heavy atom. The highest BCUT2D eigenvalue weighted by Crippen LogP contribution is 2.24. The van der Waals surface area contributed by atoms with Gasteiger partial charge in [0.05, 0.1) is 6.07 Å². The standard InChI is InChI=1S/C7H5F2N/c8-6-2-1-5(4-10)3-7(6)9/h3H,1-2H2. The van der Waals surface area contributed by atoms with Crippen LogP contribution in [0.5, 0.6) is 0 Å². The van der Waals surface area contributed by atoms with Crippen LogP contribution in [0.4, 0.5) is 8.78 Å². The molecular formula is C7H5F2N. The Balaban J connectivity index is 2.89. The fourth-order valence-corrected chi connectivity index (χ4v) is 0.755. The third-order valence-corrected chi connectivity index (χ3v) is 1.32. The van der Waals surface area contributed by atoms with Crippen molar-refractivity contribution in [3.63, 3.8) is 0 Å². The van der Waals surface area contributed by atoms with Crippen molar-refractivity contribution in [1.82, 2.24) is 0 Å². The summed E-state index contributed by atoms with van der Waals surface area (Å²) in [5, 5.41) is 8.27. The summed E-state index contributed by atoms with van der Waals surface area (Å²) in [5.41, 5.74) is 0.305. The Bertz CT molecular complexity index is 245. The molecule has 1 aliphatic rings. The second-order valence-electron chi connectivity index (χ2n) is 2.03. The molecule has 0 saturated carbocycles. The smallest absolute Gasteiger partial charge is 0.155 e. The van der Waals surface area contributed by atoms with Crippen LogP contribution in [0, 0.1) is 11.3 Å². The molecular weight excluding hydrogens is 136 g/mol. The van der Waals surface area contributed by atoms with Crippen LogP contribution in [0.15, 0.2) is 23.3 Å². The van der Waals surface area contributed by atoms with Crippen molar-refractivity contribution in [2.45, 2.75) is 12.8 Å². The van der Waals surface area contributed by atoms with E-state index in [1.54, 1.807) is 6.07 Å². The van der Waals surface area contributed by atoms with Gasteiger partial charge in [0.2, 0.25) is 0 Å². The van der Waals surface area contributed by atoms with Crippen LogP contribution in [0.1, 0.15) is 12.8 Å². The molecule has 1 rings (SSSR count). The predicted octanol–water partition coefficient (Wildman–Crippen LogP) is 2.38. The summed E-state index contributed by atoms with van der Waals surface area (Å²) in [6, 6.07) is 1.78. The van der Waals surface area contributed by atoms with Gasteiger partial charge in [0, 0.05) is 12.0 Å². The molecule has 0 spiro atoms. The lowest BCUT2D eigenvalue weighted by Crippen LogP contribution is -1.90. The molecule has 0 N–H and O–H groups in total. The quantitative estimate of drug-likeness (QED) is 0.508. The molecule has 0 amide bonds. The van der Waals surface area contributed by atoms with Gasteiger partial charge in [0.25, 0.3) is 0 Å². The molecule has 0 heterocycles. The number of hydrogen-bond acceptors (Lipinski definition) is 1. The SMILES string of the molecule is N#CC1=CC(F)=C(F)CC1. The van der Waals surface area contributed by atoms with E-state index in [9.17, 15) is 8.78 Å². The van der Waals surface area contributed by atoms with Crippen molar-refractivity contribution in [3.05, 3.63) is 23.3 Å². The van der Waals surface area contributed by atoms with Crippen LogP contribution in [-0.4, -0.2) is 0 Å². The zero-order valence-electron chi connectivity index (χ0n) is 5.19. The zero-order valence-corrected chi connectivity index (χ0v) is 5.19. The molecule has 0 aromatic heterocycles. The highest BCUT2D eigenvalue weighted by Gasteiger charge is 2.11. The summed E-state index contributed by atoms with van der Waals surface area (Å²) >= 11 is 0. The maximum Gasteiger partial charge on any atom is 0.155 e. The second-order valence-corrected chi connectivity index (χ2v) is 2.03. The minimum Gasteiger partial charge on any atom is -0.209 e. The number of allylic oxidation sites excluding steroid dienone is 4. The first-order valence-corrected chi connectivity index (χ1v) is 2.89. The first-order chi connectivity index (χ1) is 4.74. The average Bonchev–Trinajstić information content (AvgIpc) is 1.95. The van der Waals surface area contributed by atoms with Crippen molar-refractivity contribution in [3.8, 4) is 6.07 Å². The van der Waals surface area contributed by atoms with Gasteiger partial charge in [-0.2, -0.15) is 5.26 Å². The predicted molar refractivity (Wildman–Crippen MR) is 32.2 cm³/mol. The molecule has 0 aliphatic heterocycles. The van der Waals surface area contributed by atoms with Crippen LogP contribution in [-0.2, 0) is 0 Å². The van der Waals surface area contributed by atoms with E-state index in [2.05, 4.69) is 0 Å². The van der Waals surface area contributed by atoms with Gasteiger partial charge in [-0.1, -0.05) is 0 Å². The lowest BCUT2D eigenvalue weighted by Gasteiger charge is -2.03. The monoisotopic (exact) mass is 141 g/mol. The first kappa shape index (κ1) is 6.94. The van der Waals surface area contributed by atoms with Crippen molar-refractivity contribution < 1.29 is 8.78 Å². The number of hydrogen-bond donors (Lipinski definition) is 0. The Kier molecular flexibility index (Phi) is 1.81. The van der Waals surface area contributed by atoms with Gasteiger partial charge in [-0.3, -0.25) is 0 Å². The molecule has 10 heavy (non-hydrogen) atoms. The molecule has 0 aromatic rings. The lowest BCUT2D eigenvalue weighted by molar-refractivity contribution is 0.513. The van der Waals surface area contributed by atoms with E-state index in [4.69, 9.17) is 5.26 Å². The fraction of sp³-hybridized carbons (Fsp3) is 0.286. The van der Waals surface area contributed by atoms with Crippen LogP contribution in [0.3, 0.4) is 0 Å². The molecule has 1 aliphatic carbocycles. The van der Waals surface area contributed by atoms with Gasteiger partial charge in [-0.15, -0.1) is 0 Å². The molecule has 0 aromatic carbocycles. The molecule has 1 nitrogen and oxygen atoms in total. The van der Waals surface area contributed by atoms with Gasteiger partial charge in [-0.05, 0) is 12.5 Å². The third kappa shape index (κ3) is 1.21. The highest BCUT2D eigenvalue weighted by atomic mass is 19.2. The summed E-state index contributed by atoms with van der Waals surface area (Å²) in [6.07, 6.45) is 1.28. The van der Waals surface area contributed by atoms with E-state index in [1.807, 2.05) is 0 Å².